The minimum absolute atomic E-state index is 0.0693. The van der Waals surface area contributed by atoms with E-state index < -0.39 is 15.1 Å². The standard InChI is InChI=1S/C31H38N4O5S/c1-19(2)40-28-14-21(5)24(27-15-23(18-36)10-9-13-39-27)16-26(28)34-31-32-17-22(6)30(35-31)33-25-11-7-8-12-29(25)41(37,38)20(3)4/h7-8,10-12,14-17,19-20,36H,9,13,18H2,1-6H3,(H2,32,33,34,35). The van der Waals surface area contributed by atoms with E-state index in [9.17, 15) is 13.5 Å². The quantitative estimate of drug-likeness (QED) is 0.257. The van der Waals surface area contributed by atoms with Crippen molar-refractivity contribution in [3.63, 3.8) is 0 Å². The first-order valence-corrected chi connectivity index (χ1v) is 15.2. The van der Waals surface area contributed by atoms with Crippen molar-refractivity contribution in [1.29, 1.82) is 0 Å². The Morgan fingerprint density at radius 2 is 1.80 bits per heavy atom. The molecule has 0 unspecified atom stereocenters. The minimum Gasteiger partial charge on any atom is -0.493 e. The van der Waals surface area contributed by atoms with E-state index in [-0.39, 0.29) is 17.6 Å². The smallest absolute Gasteiger partial charge is 0.229 e. The van der Waals surface area contributed by atoms with E-state index in [1.165, 1.54) is 0 Å². The van der Waals surface area contributed by atoms with Crippen molar-refractivity contribution >= 4 is 38.7 Å². The maximum absolute atomic E-state index is 13.0. The molecule has 3 N–H and O–H groups in total. The molecule has 0 spiro atoms. The number of nitrogens with one attached hydrogen (secondary N) is 2. The van der Waals surface area contributed by atoms with E-state index in [0.29, 0.717) is 47.7 Å². The number of hydrogen-bond donors (Lipinski definition) is 3. The number of aryl methyl sites for hydroxylation is 2. The first-order valence-electron chi connectivity index (χ1n) is 13.7. The molecule has 1 aliphatic heterocycles. The fourth-order valence-electron chi connectivity index (χ4n) is 4.29. The Bertz CT molecular complexity index is 1580. The molecule has 0 bridgehead atoms. The number of nitrogens with zero attached hydrogens (tertiary/aromatic N) is 2. The van der Waals surface area contributed by atoms with Crippen molar-refractivity contribution in [3.05, 3.63) is 77.0 Å². The molecule has 0 aliphatic carbocycles. The summed E-state index contributed by atoms with van der Waals surface area (Å²) in [6.07, 6.45) is 6.13. The number of para-hydroxylation sites is 1. The van der Waals surface area contributed by atoms with Gasteiger partial charge in [0.25, 0.3) is 0 Å². The molecule has 2 heterocycles. The number of aromatic nitrogens is 2. The van der Waals surface area contributed by atoms with Crippen molar-refractivity contribution in [2.45, 2.75) is 64.2 Å². The zero-order valence-corrected chi connectivity index (χ0v) is 25.2. The van der Waals surface area contributed by atoms with E-state index >= 15 is 0 Å². The topological polar surface area (TPSA) is 123 Å². The molecule has 1 aromatic heterocycles. The molecule has 1 aliphatic rings. The van der Waals surface area contributed by atoms with Gasteiger partial charge in [-0.1, -0.05) is 18.2 Å². The Labute approximate surface area is 242 Å². The van der Waals surface area contributed by atoms with Gasteiger partial charge in [0.2, 0.25) is 5.95 Å². The van der Waals surface area contributed by atoms with Crippen LogP contribution >= 0.6 is 0 Å². The summed E-state index contributed by atoms with van der Waals surface area (Å²) in [5, 5.41) is 15.7. The predicted octanol–water partition coefficient (Wildman–Crippen LogP) is 6.23. The van der Waals surface area contributed by atoms with Crippen molar-refractivity contribution in [2.75, 3.05) is 23.8 Å². The lowest BCUT2D eigenvalue weighted by Gasteiger charge is -2.20. The largest absolute Gasteiger partial charge is 0.493 e. The summed E-state index contributed by atoms with van der Waals surface area (Å²) >= 11 is 0. The van der Waals surface area contributed by atoms with E-state index in [1.807, 2.05) is 52.0 Å². The molecule has 0 saturated carbocycles. The van der Waals surface area contributed by atoms with Crippen LogP contribution in [0, 0.1) is 13.8 Å². The number of rotatable bonds is 10. The van der Waals surface area contributed by atoms with Crippen molar-refractivity contribution < 1.29 is 23.0 Å². The highest BCUT2D eigenvalue weighted by Gasteiger charge is 2.23. The minimum atomic E-state index is -3.52. The Hall–Kier alpha value is -3.89. The third-order valence-electron chi connectivity index (χ3n) is 6.52. The lowest BCUT2D eigenvalue weighted by Crippen LogP contribution is -2.16. The first kappa shape index (κ1) is 30.1. The van der Waals surface area contributed by atoms with Crippen LogP contribution in [0.1, 0.15) is 50.8 Å². The fraction of sp³-hybridized carbons (Fsp3) is 0.355. The zero-order chi connectivity index (χ0) is 29.7. The summed E-state index contributed by atoms with van der Waals surface area (Å²) in [5.41, 5.74) is 4.43. The number of hydrogen-bond acceptors (Lipinski definition) is 9. The van der Waals surface area contributed by atoms with Crippen molar-refractivity contribution in [2.24, 2.45) is 0 Å². The molecule has 0 amide bonds. The second-order valence-electron chi connectivity index (χ2n) is 10.5. The van der Waals surface area contributed by atoms with Gasteiger partial charge in [0.1, 0.15) is 17.3 Å². The van der Waals surface area contributed by atoms with E-state index in [4.69, 9.17) is 9.47 Å². The van der Waals surface area contributed by atoms with Gasteiger partial charge >= 0.3 is 0 Å². The normalized spacial score (nSPS) is 13.8. The highest BCUT2D eigenvalue weighted by molar-refractivity contribution is 7.92. The molecule has 2 aromatic carbocycles. The van der Waals surface area contributed by atoms with Gasteiger partial charge in [0, 0.05) is 23.7 Å². The molecular weight excluding hydrogens is 540 g/mol. The van der Waals surface area contributed by atoms with Gasteiger partial charge in [0.15, 0.2) is 9.84 Å². The van der Waals surface area contributed by atoms with Crippen LogP contribution in [0.25, 0.3) is 5.76 Å². The number of benzene rings is 2. The van der Waals surface area contributed by atoms with Gasteiger partial charge in [-0.15, -0.1) is 0 Å². The number of ether oxygens (including phenoxy) is 2. The summed E-state index contributed by atoms with van der Waals surface area (Å²) in [6, 6.07) is 10.7. The molecule has 4 rings (SSSR count). The Balaban J connectivity index is 1.73. The van der Waals surface area contributed by atoms with Crippen LogP contribution in [0.5, 0.6) is 5.75 Å². The van der Waals surface area contributed by atoms with Gasteiger partial charge < -0.3 is 25.2 Å². The fourth-order valence-corrected chi connectivity index (χ4v) is 5.49. The number of sulfone groups is 1. The van der Waals surface area contributed by atoms with Crippen LogP contribution in [-0.4, -0.2) is 48.1 Å². The van der Waals surface area contributed by atoms with Gasteiger partial charge in [-0.25, -0.2) is 13.4 Å². The van der Waals surface area contributed by atoms with Crippen molar-refractivity contribution in [3.8, 4) is 5.75 Å². The third-order valence-corrected chi connectivity index (χ3v) is 8.73. The first-order chi connectivity index (χ1) is 19.5. The van der Waals surface area contributed by atoms with Crippen LogP contribution < -0.4 is 15.4 Å². The average molecular weight is 579 g/mol. The summed E-state index contributed by atoms with van der Waals surface area (Å²) < 4.78 is 38.1. The number of aliphatic hydroxyl groups is 1. The van der Waals surface area contributed by atoms with Gasteiger partial charge in [0.05, 0.1) is 40.8 Å². The monoisotopic (exact) mass is 578 g/mol. The van der Waals surface area contributed by atoms with Crippen LogP contribution in [0.2, 0.25) is 0 Å². The summed E-state index contributed by atoms with van der Waals surface area (Å²) in [5.74, 6) is 2.06. The zero-order valence-electron chi connectivity index (χ0n) is 24.4. The van der Waals surface area contributed by atoms with Gasteiger partial charge in [-0.2, -0.15) is 4.98 Å². The van der Waals surface area contributed by atoms with Gasteiger partial charge in [-0.3, -0.25) is 0 Å². The molecule has 0 radical (unpaired) electrons. The molecule has 0 saturated heterocycles. The Morgan fingerprint density at radius 1 is 1.05 bits per heavy atom. The van der Waals surface area contributed by atoms with Crippen LogP contribution in [0.4, 0.5) is 23.1 Å². The summed E-state index contributed by atoms with van der Waals surface area (Å²) in [4.78, 5) is 9.37. The van der Waals surface area contributed by atoms with Crippen molar-refractivity contribution in [1.82, 2.24) is 9.97 Å². The molecule has 41 heavy (non-hydrogen) atoms. The number of anilines is 4. The van der Waals surface area contributed by atoms with E-state index in [2.05, 4.69) is 20.6 Å². The second-order valence-corrected chi connectivity index (χ2v) is 13.0. The average Bonchev–Trinajstić information content (AvgIpc) is 3.17. The lowest BCUT2D eigenvalue weighted by atomic mass is 10.0. The highest BCUT2D eigenvalue weighted by Crippen LogP contribution is 2.36. The number of aliphatic hydroxyl groups excluding tert-OH is 1. The molecule has 3 aromatic rings. The highest BCUT2D eigenvalue weighted by atomic mass is 32.2. The van der Waals surface area contributed by atoms with Gasteiger partial charge in [-0.05, 0) is 83.0 Å². The molecule has 0 fully saturated rings. The van der Waals surface area contributed by atoms with Crippen LogP contribution in [-0.2, 0) is 14.6 Å². The Morgan fingerprint density at radius 3 is 2.51 bits per heavy atom. The van der Waals surface area contributed by atoms with E-state index in [1.54, 1.807) is 44.3 Å². The molecular formula is C31H38N4O5S. The van der Waals surface area contributed by atoms with Crippen LogP contribution in [0.3, 0.4) is 0 Å². The predicted molar refractivity (Wildman–Crippen MR) is 163 cm³/mol. The lowest BCUT2D eigenvalue weighted by molar-refractivity contribution is 0.243. The molecule has 10 heteroatoms. The SMILES string of the molecule is Cc1cc(OC(C)C)c(Nc2ncc(C)c(Nc3ccccc3S(=O)(=O)C(C)C)n2)cc1C1=CC(CO)=CCCO1. The Kier molecular flexibility index (Phi) is 9.35. The maximum atomic E-state index is 13.0. The summed E-state index contributed by atoms with van der Waals surface area (Å²) in [7, 11) is -3.52. The molecule has 9 nitrogen and oxygen atoms in total. The molecule has 218 valence electrons. The maximum Gasteiger partial charge on any atom is 0.229 e. The summed E-state index contributed by atoms with van der Waals surface area (Å²) in [6.45, 7) is 11.5. The van der Waals surface area contributed by atoms with Crippen LogP contribution in [0.15, 0.2) is 65.2 Å². The second kappa shape index (κ2) is 12.7. The molecule has 0 atom stereocenters. The third kappa shape index (κ3) is 7.07. The van der Waals surface area contributed by atoms with E-state index in [0.717, 1.165) is 22.3 Å².